The molecule has 0 aliphatic carbocycles. The third-order valence-corrected chi connectivity index (χ3v) is 2.75. The van der Waals surface area contributed by atoms with Gasteiger partial charge >= 0.3 is 5.97 Å². The van der Waals surface area contributed by atoms with E-state index in [0.29, 0.717) is 18.1 Å². The molecule has 98 valence electrons. The van der Waals surface area contributed by atoms with Gasteiger partial charge < -0.3 is 10.0 Å². The first-order valence-corrected chi connectivity index (χ1v) is 5.88. The Balaban J connectivity index is 2.24. The average molecular weight is 257 g/mol. The Morgan fingerprint density at radius 2 is 2.00 bits per heavy atom. The van der Waals surface area contributed by atoms with E-state index in [1.54, 1.807) is 31.5 Å². The number of nitrogens with zero attached hydrogens (tertiary/aromatic N) is 3. The van der Waals surface area contributed by atoms with Crippen molar-refractivity contribution in [3.63, 3.8) is 0 Å². The number of carboxylic acids is 1. The minimum Gasteiger partial charge on any atom is -0.478 e. The lowest BCUT2D eigenvalue weighted by Gasteiger charge is -2.19. The van der Waals surface area contributed by atoms with Crippen LogP contribution in [0.15, 0.2) is 36.7 Å². The maximum Gasteiger partial charge on any atom is 0.335 e. The molecule has 0 unspecified atom stereocenters. The van der Waals surface area contributed by atoms with Gasteiger partial charge in [-0.05, 0) is 36.8 Å². The lowest BCUT2D eigenvalue weighted by atomic mass is 10.2. The number of hydrogen-bond donors (Lipinski definition) is 1. The molecule has 5 heteroatoms. The molecular formula is C14H15N3O2. The van der Waals surface area contributed by atoms with E-state index in [1.807, 2.05) is 24.1 Å². The van der Waals surface area contributed by atoms with Crippen LogP contribution in [0, 0.1) is 6.92 Å². The minimum absolute atomic E-state index is 0.254. The van der Waals surface area contributed by atoms with Gasteiger partial charge in [-0.3, -0.25) is 4.98 Å². The summed E-state index contributed by atoms with van der Waals surface area (Å²) in [6, 6.07) is 6.98. The highest BCUT2D eigenvalue weighted by Gasteiger charge is 2.10. The van der Waals surface area contributed by atoms with Gasteiger partial charge in [-0.1, -0.05) is 0 Å². The lowest BCUT2D eigenvalue weighted by molar-refractivity contribution is 0.0696. The predicted molar refractivity (Wildman–Crippen MR) is 72.3 cm³/mol. The van der Waals surface area contributed by atoms with Gasteiger partial charge in [-0.2, -0.15) is 0 Å². The predicted octanol–water partition coefficient (Wildman–Crippen LogP) is 2.12. The molecule has 5 nitrogen and oxygen atoms in total. The number of pyridine rings is 2. The second-order valence-corrected chi connectivity index (χ2v) is 4.37. The normalized spacial score (nSPS) is 10.2. The summed E-state index contributed by atoms with van der Waals surface area (Å²) in [5.41, 5.74) is 2.04. The third kappa shape index (κ3) is 3.28. The zero-order chi connectivity index (χ0) is 13.8. The molecule has 0 radical (unpaired) electrons. The van der Waals surface area contributed by atoms with Crippen LogP contribution in [-0.2, 0) is 6.54 Å². The van der Waals surface area contributed by atoms with Crippen LogP contribution in [0.25, 0.3) is 0 Å². The molecule has 0 saturated heterocycles. The summed E-state index contributed by atoms with van der Waals surface area (Å²) in [4.78, 5) is 21.3. The zero-order valence-corrected chi connectivity index (χ0v) is 10.9. The van der Waals surface area contributed by atoms with Crippen LogP contribution in [0.4, 0.5) is 5.82 Å². The van der Waals surface area contributed by atoms with E-state index in [0.717, 1.165) is 5.56 Å². The van der Waals surface area contributed by atoms with Crippen LogP contribution in [0.5, 0.6) is 0 Å². The largest absolute Gasteiger partial charge is 0.478 e. The molecule has 1 N–H and O–H groups in total. The Kier molecular flexibility index (Phi) is 3.75. The van der Waals surface area contributed by atoms with Crippen LogP contribution in [-0.4, -0.2) is 28.1 Å². The van der Waals surface area contributed by atoms with Gasteiger partial charge in [-0.15, -0.1) is 0 Å². The van der Waals surface area contributed by atoms with Gasteiger partial charge in [0.2, 0.25) is 0 Å². The number of anilines is 1. The van der Waals surface area contributed by atoms with Crippen molar-refractivity contribution in [3.05, 3.63) is 53.5 Å². The Labute approximate surface area is 111 Å². The number of aryl methyl sites for hydroxylation is 1. The van der Waals surface area contributed by atoms with Crippen molar-refractivity contribution >= 4 is 11.8 Å². The molecule has 0 bridgehead atoms. The van der Waals surface area contributed by atoms with Crippen LogP contribution in [0.2, 0.25) is 0 Å². The van der Waals surface area contributed by atoms with E-state index < -0.39 is 5.97 Å². The molecule has 0 fully saturated rings. The van der Waals surface area contributed by atoms with Crippen LogP contribution >= 0.6 is 0 Å². The van der Waals surface area contributed by atoms with Crippen LogP contribution in [0.1, 0.15) is 21.6 Å². The van der Waals surface area contributed by atoms with E-state index in [4.69, 9.17) is 5.11 Å². The van der Waals surface area contributed by atoms with E-state index in [-0.39, 0.29) is 5.56 Å². The van der Waals surface area contributed by atoms with Gasteiger partial charge in [0.25, 0.3) is 0 Å². The Bertz CT molecular complexity index is 584. The molecule has 0 amide bonds. The molecule has 0 aliphatic rings. The number of aromatic nitrogens is 2. The summed E-state index contributed by atoms with van der Waals surface area (Å²) >= 11 is 0. The fourth-order valence-electron chi connectivity index (χ4n) is 1.81. The van der Waals surface area contributed by atoms with Gasteiger partial charge in [0.05, 0.1) is 5.56 Å². The van der Waals surface area contributed by atoms with Gasteiger partial charge in [0.1, 0.15) is 5.82 Å². The van der Waals surface area contributed by atoms with Crippen molar-refractivity contribution in [3.8, 4) is 0 Å². The van der Waals surface area contributed by atoms with Crippen LogP contribution in [0.3, 0.4) is 0 Å². The minimum atomic E-state index is -0.941. The molecule has 0 aliphatic heterocycles. The molecule has 2 heterocycles. The molecule has 0 aromatic carbocycles. The molecular weight excluding hydrogens is 242 g/mol. The molecule has 2 aromatic heterocycles. The topological polar surface area (TPSA) is 66.3 Å². The quantitative estimate of drug-likeness (QED) is 0.908. The highest BCUT2D eigenvalue weighted by molar-refractivity contribution is 5.88. The summed E-state index contributed by atoms with van der Waals surface area (Å²) in [6.07, 6.45) is 3.46. The molecule has 19 heavy (non-hydrogen) atoms. The highest BCUT2D eigenvalue weighted by Crippen LogP contribution is 2.16. The fourth-order valence-corrected chi connectivity index (χ4v) is 1.81. The van der Waals surface area contributed by atoms with E-state index in [9.17, 15) is 4.79 Å². The van der Waals surface area contributed by atoms with Crippen molar-refractivity contribution in [1.82, 2.24) is 9.97 Å². The maximum absolute atomic E-state index is 11.0. The lowest BCUT2D eigenvalue weighted by Crippen LogP contribution is -2.18. The van der Waals surface area contributed by atoms with E-state index >= 15 is 0 Å². The van der Waals surface area contributed by atoms with Gasteiger partial charge in [0, 0.05) is 31.7 Å². The average Bonchev–Trinajstić information content (AvgIpc) is 2.39. The summed E-state index contributed by atoms with van der Waals surface area (Å²) in [6.45, 7) is 2.44. The fraction of sp³-hybridized carbons (Fsp3) is 0.214. The van der Waals surface area contributed by atoms with Gasteiger partial charge in [-0.25, -0.2) is 9.78 Å². The molecule has 0 spiro atoms. The Morgan fingerprint density at radius 3 is 2.63 bits per heavy atom. The first-order valence-electron chi connectivity index (χ1n) is 5.88. The third-order valence-electron chi connectivity index (χ3n) is 2.75. The van der Waals surface area contributed by atoms with Gasteiger partial charge in [0.15, 0.2) is 0 Å². The van der Waals surface area contributed by atoms with Crippen molar-refractivity contribution in [2.24, 2.45) is 0 Å². The monoisotopic (exact) mass is 257 g/mol. The number of aromatic carboxylic acids is 1. The Morgan fingerprint density at radius 1 is 1.32 bits per heavy atom. The molecule has 2 rings (SSSR count). The smallest absolute Gasteiger partial charge is 0.335 e. The second kappa shape index (κ2) is 5.48. The molecule has 0 saturated carbocycles. The Hall–Kier alpha value is -2.43. The van der Waals surface area contributed by atoms with E-state index in [2.05, 4.69) is 9.97 Å². The summed E-state index contributed by atoms with van der Waals surface area (Å²) in [5, 5.41) is 9.05. The summed E-state index contributed by atoms with van der Waals surface area (Å²) < 4.78 is 0. The van der Waals surface area contributed by atoms with Crippen molar-refractivity contribution in [2.45, 2.75) is 13.5 Å². The summed E-state index contributed by atoms with van der Waals surface area (Å²) in [5.74, 6) is -0.293. The van der Waals surface area contributed by atoms with E-state index in [1.165, 1.54) is 0 Å². The molecule has 2 aromatic rings. The molecule has 0 atom stereocenters. The number of rotatable bonds is 4. The van der Waals surface area contributed by atoms with Crippen molar-refractivity contribution < 1.29 is 9.90 Å². The zero-order valence-electron chi connectivity index (χ0n) is 10.9. The number of carboxylic acid groups (broad SMARTS) is 1. The number of hydrogen-bond acceptors (Lipinski definition) is 4. The first kappa shape index (κ1) is 13.0. The summed E-state index contributed by atoms with van der Waals surface area (Å²) in [7, 11) is 1.88. The van der Waals surface area contributed by atoms with Crippen LogP contribution < -0.4 is 4.90 Å². The van der Waals surface area contributed by atoms with Crippen molar-refractivity contribution in [1.29, 1.82) is 0 Å². The highest BCUT2D eigenvalue weighted by atomic mass is 16.4. The number of carbonyl (C=O) groups is 1. The SMILES string of the molecule is Cc1cc(C(=O)O)cc(N(C)Cc2ccncc2)n1. The standard InChI is InChI=1S/C14H15N3O2/c1-10-7-12(14(18)19)8-13(16-10)17(2)9-11-3-5-15-6-4-11/h3-8H,9H2,1-2H3,(H,18,19). The second-order valence-electron chi connectivity index (χ2n) is 4.37. The van der Waals surface area contributed by atoms with Crippen molar-refractivity contribution in [2.75, 3.05) is 11.9 Å². The first-order chi connectivity index (χ1) is 9.06. The maximum atomic E-state index is 11.0.